The Hall–Kier alpha value is -1.02. The molecule has 94 valence electrons. The molecule has 0 N–H and O–H groups in total. The molecule has 0 saturated heterocycles. The Morgan fingerprint density at radius 3 is 2.12 bits per heavy atom. The van der Waals surface area contributed by atoms with Crippen molar-refractivity contribution in [3.05, 3.63) is 29.8 Å². The Labute approximate surface area is 105 Å². The van der Waals surface area contributed by atoms with E-state index in [2.05, 4.69) is 64.8 Å². The highest BCUT2D eigenvalue weighted by Gasteiger charge is 2.45. The number of hydroxylamine groups is 2. The van der Waals surface area contributed by atoms with Gasteiger partial charge in [-0.1, -0.05) is 39.0 Å². The van der Waals surface area contributed by atoms with E-state index in [1.807, 2.05) is 6.07 Å². The maximum absolute atomic E-state index is 6.04. The molecule has 1 aromatic rings. The second-order valence-electron chi connectivity index (χ2n) is 6.89. The molecule has 1 aromatic carbocycles. The van der Waals surface area contributed by atoms with Gasteiger partial charge in [-0.25, -0.2) is 0 Å². The first-order valence-electron chi connectivity index (χ1n) is 6.27. The van der Waals surface area contributed by atoms with Gasteiger partial charge in [0.05, 0.1) is 6.04 Å². The first kappa shape index (κ1) is 12.4. The van der Waals surface area contributed by atoms with Crippen molar-refractivity contribution < 1.29 is 4.84 Å². The molecule has 1 unspecified atom stereocenters. The fourth-order valence-corrected chi connectivity index (χ4v) is 2.42. The predicted octanol–water partition coefficient (Wildman–Crippen LogP) is 4.18. The third-order valence-electron chi connectivity index (χ3n) is 3.13. The van der Waals surface area contributed by atoms with Crippen LogP contribution in [0.3, 0.4) is 0 Å². The summed E-state index contributed by atoms with van der Waals surface area (Å²) in [7, 11) is 0. The van der Waals surface area contributed by atoms with Crippen molar-refractivity contribution in [2.24, 2.45) is 5.41 Å². The number of benzene rings is 1. The minimum absolute atomic E-state index is 0.00301. The summed E-state index contributed by atoms with van der Waals surface area (Å²) < 4.78 is 0. The lowest BCUT2D eigenvalue weighted by Gasteiger charge is -2.40. The number of fused-ring (bicyclic) bond motifs is 1. The Morgan fingerprint density at radius 2 is 1.59 bits per heavy atom. The van der Waals surface area contributed by atoms with E-state index in [0.717, 1.165) is 5.75 Å². The summed E-state index contributed by atoms with van der Waals surface area (Å²) in [5.41, 5.74) is 1.45. The van der Waals surface area contributed by atoms with Crippen molar-refractivity contribution in [2.45, 2.75) is 53.1 Å². The molecule has 0 aliphatic carbocycles. The number of hydrogen-bond acceptors (Lipinski definition) is 2. The van der Waals surface area contributed by atoms with E-state index in [4.69, 9.17) is 4.84 Å². The smallest absolute Gasteiger partial charge is 0.152 e. The third-order valence-corrected chi connectivity index (χ3v) is 3.13. The minimum atomic E-state index is -0.00301. The van der Waals surface area contributed by atoms with Gasteiger partial charge in [-0.3, -0.25) is 0 Å². The largest absolute Gasteiger partial charge is 0.405 e. The first-order chi connectivity index (χ1) is 7.71. The van der Waals surface area contributed by atoms with Gasteiger partial charge in [0.2, 0.25) is 0 Å². The van der Waals surface area contributed by atoms with E-state index in [0.29, 0.717) is 6.04 Å². The Bertz CT molecular complexity index is 412. The van der Waals surface area contributed by atoms with Gasteiger partial charge in [-0.05, 0) is 32.3 Å². The topological polar surface area (TPSA) is 12.5 Å². The zero-order chi connectivity index (χ0) is 12.8. The van der Waals surface area contributed by atoms with Gasteiger partial charge in [0.15, 0.2) is 5.75 Å². The van der Waals surface area contributed by atoms with Crippen LogP contribution in [-0.2, 0) is 0 Å². The molecule has 1 aliphatic heterocycles. The normalized spacial score (nSPS) is 21.2. The average molecular weight is 233 g/mol. The second-order valence-corrected chi connectivity index (χ2v) is 6.89. The Kier molecular flexibility index (Phi) is 2.74. The van der Waals surface area contributed by atoms with Crippen LogP contribution < -0.4 is 4.84 Å². The first-order valence-corrected chi connectivity index (χ1v) is 6.27. The van der Waals surface area contributed by atoms with Crippen molar-refractivity contribution in [1.82, 2.24) is 5.06 Å². The van der Waals surface area contributed by atoms with Gasteiger partial charge in [0, 0.05) is 11.1 Å². The van der Waals surface area contributed by atoms with E-state index in [1.165, 1.54) is 5.56 Å². The zero-order valence-corrected chi connectivity index (χ0v) is 11.7. The van der Waals surface area contributed by atoms with E-state index >= 15 is 0 Å². The molecule has 1 atom stereocenters. The SMILES string of the molecule is CC(C)(C)C1c2ccccc2ON1C(C)(C)C. The van der Waals surface area contributed by atoms with Gasteiger partial charge in [0.25, 0.3) is 0 Å². The number of rotatable bonds is 0. The third kappa shape index (κ3) is 2.19. The molecule has 0 aromatic heterocycles. The lowest BCUT2D eigenvalue weighted by Crippen LogP contribution is -2.46. The highest BCUT2D eigenvalue weighted by atomic mass is 16.7. The Balaban J connectivity index is 2.48. The molecular weight excluding hydrogens is 210 g/mol. The molecule has 1 aliphatic rings. The number of nitrogens with zero attached hydrogens (tertiary/aromatic N) is 1. The predicted molar refractivity (Wildman–Crippen MR) is 70.9 cm³/mol. The molecule has 0 saturated carbocycles. The summed E-state index contributed by atoms with van der Waals surface area (Å²) in [6.07, 6.45) is 0. The van der Waals surface area contributed by atoms with E-state index in [9.17, 15) is 0 Å². The van der Waals surface area contributed by atoms with Crippen LogP contribution in [-0.4, -0.2) is 10.6 Å². The van der Waals surface area contributed by atoms with Crippen LogP contribution in [0.25, 0.3) is 0 Å². The van der Waals surface area contributed by atoms with Gasteiger partial charge in [0.1, 0.15) is 0 Å². The van der Waals surface area contributed by atoms with E-state index < -0.39 is 0 Å². The molecule has 2 nitrogen and oxygen atoms in total. The summed E-state index contributed by atoms with van der Waals surface area (Å²) in [6.45, 7) is 13.4. The van der Waals surface area contributed by atoms with Gasteiger partial charge >= 0.3 is 0 Å². The Morgan fingerprint density at radius 1 is 1.00 bits per heavy atom. The molecule has 17 heavy (non-hydrogen) atoms. The second kappa shape index (κ2) is 3.74. The zero-order valence-electron chi connectivity index (χ0n) is 11.7. The summed E-state index contributed by atoms with van der Waals surface area (Å²) in [5.74, 6) is 1.00. The molecule has 1 heterocycles. The maximum atomic E-state index is 6.04. The summed E-state index contributed by atoms with van der Waals surface area (Å²) >= 11 is 0. The molecule has 0 spiro atoms. The van der Waals surface area contributed by atoms with Crippen molar-refractivity contribution in [3.8, 4) is 5.75 Å². The minimum Gasteiger partial charge on any atom is -0.405 e. The molecule has 0 fully saturated rings. The quantitative estimate of drug-likeness (QED) is 0.666. The lowest BCUT2D eigenvalue weighted by atomic mass is 9.81. The lowest BCUT2D eigenvalue weighted by molar-refractivity contribution is -0.162. The van der Waals surface area contributed by atoms with Crippen molar-refractivity contribution in [3.63, 3.8) is 0 Å². The summed E-state index contributed by atoms with van der Waals surface area (Å²) in [6, 6.07) is 8.66. The van der Waals surface area contributed by atoms with Crippen LogP contribution in [0, 0.1) is 5.41 Å². The molecule has 0 bridgehead atoms. The van der Waals surface area contributed by atoms with Crippen LogP contribution in [0.4, 0.5) is 0 Å². The van der Waals surface area contributed by atoms with Crippen LogP contribution in [0.5, 0.6) is 5.75 Å². The van der Waals surface area contributed by atoms with Gasteiger partial charge < -0.3 is 4.84 Å². The maximum Gasteiger partial charge on any atom is 0.152 e. The van der Waals surface area contributed by atoms with Gasteiger partial charge in [-0.15, -0.1) is 5.06 Å². The molecular formula is C15H23NO. The average Bonchev–Trinajstić information content (AvgIpc) is 2.54. The van der Waals surface area contributed by atoms with Crippen molar-refractivity contribution in [2.75, 3.05) is 0 Å². The standard InChI is InChI=1S/C15H23NO/c1-14(2,3)13-11-9-7-8-10-12(11)17-16(13)15(4,5)6/h7-10,13H,1-6H3. The highest BCUT2D eigenvalue weighted by Crippen LogP contribution is 2.49. The molecule has 2 heteroatoms. The number of para-hydroxylation sites is 1. The molecule has 0 amide bonds. The van der Waals surface area contributed by atoms with Crippen LogP contribution >= 0.6 is 0 Å². The van der Waals surface area contributed by atoms with Crippen LogP contribution in [0.1, 0.15) is 53.1 Å². The van der Waals surface area contributed by atoms with Gasteiger partial charge in [-0.2, -0.15) is 0 Å². The highest BCUT2D eigenvalue weighted by molar-refractivity contribution is 5.39. The van der Waals surface area contributed by atoms with Crippen LogP contribution in [0.2, 0.25) is 0 Å². The van der Waals surface area contributed by atoms with Crippen molar-refractivity contribution in [1.29, 1.82) is 0 Å². The fourth-order valence-electron chi connectivity index (χ4n) is 2.42. The van der Waals surface area contributed by atoms with E-state index in [-0.39, 0.29) is 11.0 Å². The molecule has 0 radical (unpaired) electrons. The van der Waals surface area contributed by atoms with E-state index in [1.54, 1.807) is 0 Å². The fraction of sp³-hybridized carbons (Fsp3) is 0.600. The molecule has 2 rings (SSSR count). The van der Waals surface area contributed by atoms with Crippen molar-refractivity contribution >= 4 is 0 Å². The summed E-state index contributed by atoms with van der Waals surface area (Å²) in [5, 5.41) is 2.14. The summed E-state index contributed by atoms with van der Waals surface area (Å²) in [4.78, 5) is 6.04. The number of hydrogen-bond donors (Lipinski definition) is 0. The van der Waals surface area contributed by atoms with Crippen LogP contribution in [0.15, 0.2) is 24.3 Å². The monoisotopic (exact) mass is 233 g/mol.